The predicted octanol–water partition coefficient (Wildman–Crippen LogP) is 2.48. The Morgan fingerprint density at radius 3 is 2.00 bits per heavy atom. The van der Waals surface area contributed by atoms with Crippen LogP contribution in [0.25, 0.3) is 0 Å². The zero-order chi connectivity index (χ0) is 10.3. The molecule has 0 fully saturated rings. The molecule has 0 radical (unpaired) electrons. The minimum atomic E-state index is 0.296. The van der Waals surface area contributed by atoms with Gasteiger partial charge in [-0.1, -0.05) is 13.8 Å². The number of hydrogen-bond acceptors (Lipinski definition) is 2. The summed E-state index contributed by atoms with van der Waals surface area (Å²) in [6.45, 7) is 10.4. The van der Waals surface area contributed by atoms with Crippen LogP contribution in [0.15, 0.2) is 0 Å². The van der Waals surface area contributed by atoms with Gasteiger partial charge in [0.1, 0.15) is 5.78 Å². The highest BCUT2D eigenvalue weighted by atomic mass is 16.1. The van der Waals surface area contributed by atoms with Crippen LogP contribution in [0.4, 0.5) is 0 Å². The average molecular weight is 185 g/mol. The molecule has 0 aliphatic carbocycles. The van der Waals surface area contributed by atoms with E-state index in [-0.39, 0.29) is 0 Å². The molecule has 2 heteroatoms. The molecule has 0 N–H and O–H groups in total. The van der Waals surface area contributed by atoms with Crippen LogP contribution in [0.5, 0.6) is 0 Å². The van der Waals surface area contributed by atoms with E-state index in [1.165, 1.54) is 12.8 Å². The van der Waals surface area contributed by atoms with Gasteiger partial charge in [0.15, 0.2) is 0 Å². The maximum absolute atomic E-state index is 10.9. The summed E-state index contributed by atoms with van der Waals surface area (Å²) < 4.78 is 0. The largest absolute Gasteiger partial charge is 0.300 e. The molecule has 0 saturated heterocycles. The zero-order valence-electron chi connectivity index (χ0n) is 9.47. The normalized spacial score (nSPS) is 13.3. The van der Waals surface area contributed by atoms with Crippen molar-refractivity contribution in [1.29, 1.82) is 0 Å². The standard InChI is InChI=1S/C11H23NO/c1-5-7-12(8-6-2)10(3)9-11(4)13/h10H,5-9H2,1-4H3. The topological polar surface area (TPSA) is 20.3 Å². The number of Topliss-reactive ketones (excluding diaryl/α,β-unsaturated/α-hetero) is 1. The lowest BCUT2D eigenvalue weighted by Gasteiger charge is -2.27. The molecule has 2 nitrogen and oxygen atoms in total. The van der Waals surface area contributed by atoms with Crippen LogP contribution in [0.2, 0.25) is 0 Å². The third kappa shape index (κ3) is 5.81. The molecule has 0 aliphatic rings. The van der Waals surface area contributed by atoms with E-state index in [9.17, 15) is 4.79 Å². The number of rotatable bonds is 7. The summed E-state index contributed by atoms with van der Waals surface area (Å²) in [5.74, 6) is 0.296. The van der Waals surface area contributed by atoms with Crippen molar-refractivity contribution >= 4 is 5.78 Å². The summed E-state index contributed by atoms with van der Waals surface area (Å²) in [7, 11) is 0. The predicted molar refractivity (Wildman–Crippen MR) is 56.9 cm³/mol. The van der Waals surface area contributed by atoms with Crippen LogP contribution in [-0.2, 0) is 4.79 Å². The van der Waals surface area contributed by atoms with Crippen molar-refractivity contribution in [3.05, 3.63) is 0 Å². The fourth-order valence-electron chi connectivity index (χ4n) is 1.67. The van der Waals surface area contributed by atoms with E-state index in [0.717, 1.165) is 13.1 Å². The smallest absolute Gasteiger partial charge is 0.131 e. The lowest BCUT2D eigenvalue weighted by atomic mass is 10.1. The molecule has 1 atom stereocenters. The van der Waals surface area contributed by atoms with Crippen LogP contribution in [0, 0.1) is 0 Å². The first kappa shape index (κ1) is 12.6. The molecule has 78 valence electrons. The monoisotopic (exact) mass is 185 g/mol. The molecular formula is C11H23NO. The second kappa shape index (κ2) is 7.07. The van der Waals surface area contributed by atoms with Crippen molar-refractivity contribution in [2.24, 2.45) is 0 Å². The second-order valence-electron chi connectivity index (χ2n) is 3.79. The first-order chi connectivity index (χ1) is 6.11. The summed E-state index contributed by atoms with van der Waals surface area (Å²) in [6.07, 6.45) is 3.03. The fourth-order valence-corrected chi connectivity index (χ4v) is 1.67. The molecule has 0 aromatic rings. The van der Waals surface area contributed by atoms with Crippen molar-refractivity contribution in [3.63, 3.8) is 0 Å². The molecule has 0 aliphatic heterocycles. The van der Waals surface area contributed by atoms with Crippen molar-refractivity contribution in [2.45, 2.75) is 53.0 Å². The van der Waals surface area contributed by atoms with Crippen molar-refractivity contribution < 1.29 is 4.79 Å². The van der Waals surface area contributed by atoms with E-state index in [2.05, 4.69) is 25.7 Å². The van der Waals surface area contributed by atoms with E-state index in [4.69, 9.17) is 0 Å². The lowest BCUT2D eigenvalue weighted by molar-refractivity contribution is -0.118. The summed E-state index contributed by atoms with van der Waals surface area (Å²) >= 11 is 0. The summed E-state index contributed by atoms with van der Waals surface area (Å²) in [6, 6.07) is 0.414. The van der Waals surface area contributed by atoms with Crippen LogP contribution in [-0.4, -0.2) is 29.8 Å². The van der Waals surface area contributed by atoms with E-state index < -0.39 is 0 Å². The average Bonchev–Trinajstić information content (AvgIpc) is 2.02. The van der Waals surface area contributed by atoms with E-state index in [1.807, 2.05) is 0 Å². The van der Waals surface area contributed by atoms with Crippen molar-refractivity contribution in [3.8, 4) is 0 Å². The Hall–Kier alpha value is -0.370. The van der Waals surface area contributed by atoms with Crippen LogP contribution in [0.1, 0.15) is 47.0 Å². The van der Waals surface area contributed by atoms with E-state index >= 15 is 0 Å². The highest BCUT2D eigenvalue weighted by molar-refractivity contribution is 5.76. The quantitative estimate of drug-likeness (QED) is 0.607. The zero-order valence-corrected chi connectivity index (χ0v) is 9.47. The molecule has 0 saturated carbocycles. The molecule has 13 heavy (non-hydrogen) atoms. The SMILES string of the molecule is CCCN(CCC)C(C)CC(C)=O. The highest BCUT2D eigenvalue weighted by Gasteiger charge is 2.13. The number of ketones is 1. The number of hydrogen-bond donors (Lipinski definition) is 0. The molecule has 0 aromatic heterocycles. The molecule has 1 unspecified atom stereocenters. The van der Waals surface area contributed by atoms with Gasteiger partial charge in [-0.2, -0.15) is 0 Å². The van der Waals surface area contributed by atoms with Crippen LogP contribution >= 0.6 is 0 Å². The molecule has 0 rings (SSSR count). The van der Waals surface area contributed by atoms with Crippen molar-refractivity contribution in [2.75, 3.05) is 13.1 Å². The fraction of sp³-hybridized carbons (Fsp3) is 0.909. The summed E-state index contributed by atoms with van der Waals surface area (Å²) in [5.41, 5.74) is 0. The first-order valence-electron chi connectivity index (χ1n) is 5.35. The van der Waals surface area contributed by atoms with Gasteiger partial charge in [0.2, 0.25) is 0 Å². The Balaban J connectivity index is 3.93. The number of carbonyl (C=O) groups is 1. The van der Waals surface area contributed by atoms with Gasteiger partial charge in [-0.3, -0.25) is 4.79 Å². The molecule has 0 aromatic carbocycles. The van der Waals surface area contributed by atoms with Gasteiger partial charge < -0.3 is 4.90 Å². The third-order valence-corrected chi connectivity index (χ3v) is 2.23. The first-order valence-corrected chi connectivity index (χ1v) is 5.35. The Bertz CT molecular complexity index is 139. The van der Waals surface area contributed by atoms with Gasteiger partial charge >= 0.3 is 0 Å². The van der Waals surface area contributed by atoms with E-state index in [0.29, 0.717) is 18.2 Å². The molecule has 0 heterocycles. The van der Waals surface area contributed by atoms with Gasteiger partial charge in [-0.15, -0.1) is 0 Å². The molecule has 0 amide bonds. The molecular weight excluding hydrogens is 162 g/mol. The van der Waals surface area contributed by atoms with Gasteiger partial charge in [0.25, 0.3) is 0 Å². The lowest BCUT2D eigenvalue weighted by Crippen LogP contribution is -2.35. The summed E-state index contributed by atoms with van der Waals surface area (Å²) in [4.78, 5) is 13.3. The Morgan fingerprint density at radius 1 is 1.23 bits per heavy atom. The Labute approximate surface area is 82.3 Å². The van der Waals surface area contributed by atoms with Gasteiger partial charge in [-0.25, -0.2) is 0 Å². The Morgan fingerprint density at radius 2 is 1.69 bits per heavy atom. The second-order valence-corrected chi connectivity index (χ2v) is 3.79. The maximum atomic E-state index is 10.9. The van der Waals surface area contributed by atoms with Gasteiger partial charge in [0, 0.05) is 12.5 Å². The molecule has 0 spiro atoms. The van der Waals surface area contributed by atoms with Crippen molar-refractivity contribution in [1.82, 2.24) is 4.90 Å². The van der Waals surface area contributed by atoms with Gasteiger partial charge in [0.05, 0.1) is 0 Å². The van der Waals surface area contributed by atoms with Gasteiger partial charge in [-0.05, 0) is 39.8 Å². The minimum Gasteiger partial charge on any atom is -0.300 e. The third-order valence-electron chi connectivity index (χ3n) is 2.23. The number of nitrogens with zero attached hydrogens (tertiary/aromatic N) is 1. The summed E-state index contributed by atoms with van der Waals surface area (Å²) in [5, 5.41) is 0. The van der Waals surface area contributed by atoms with Crippen LogP contribution < -0.4 is 0 Å². The Kier molecular flexibility index (Phi) is 6.87. The minimum absolute atomic E-state index is 0.296. The molecule has 0 bridgehead atoms. The highest BCUT2D eigenvalue weighted by Crippen LogP contribution is 2.06. The van der Waals surface area contributed by atoms with Crippen LogP contribution in [0.3, 0.4) is 0 Å². The van der Waals surface area contributed by atoms with E-state index in [1.54, 1.807) is 6.92 Å². The number of carbonyl (C=O) groups excluding carboxylic acids is 1. The maximum Gasteiger partial charge on any atom is 0.131 e.